The molecule has 0 rings (SSSR count). The number of nitro groups is 1. The molecule has 0 aromatic heterocycles. The number of nitrogens with zero attached hydrogens (tertiary/aromatic N) is 1. The van der Waals surface area contributed by atoms with Crippen molar-refractivity contribution in [2.75, 3.05) is 0 Å². The average molecular weight is 191 g/mol. The van der Waals surface area contributed by atoms with E-state index in [9.17, 15) is 10.1 Å². The van der Waals surface area contributed by atoms with Crippen LogP contribution in [-0.2, 0) is 0 Å². The van der Waals surface area contributed by atoms with E-state index in [0.717, 1.165) is 0 Å². The molecular formula is C8H17NO4. The largest absolute Gasteiger partial charge is 0.393 e. The lowest BCUT2D eigenvalue weighted by Gasteiger charge is -2.11. The Hall–Kier alpha value is -0.680. The van der Waals surface area contributed by atoms with E-state index >= 15 is 0 Å². The third-order valence-electron chi connectivity index (χ3n) is 1.83. The Kier molecular flexibility index (Phi) is 5.57. The first kappa shape index (κ1) is 12.3. The van der Waals surface area contributed by atoms with Gasteiger partial charge in [0.05, 0.1) is 12.2 Å². The first-order chi connectivity index (χ1) is 5.93. The lowest BCUT2D eigenvalue weighted by atomic mass is 10.0. The predicted octanol–water partition coefficient (Wildman–Crippen LogP) is 0.564. The fraction of sp³-hybridized carbons (Fsp3) is 1.00. The van der Waals surface area contributed by atoms with Gasteiger partial charge in [-0.05, 0) is 20.3 Å². The number of rotatable bonds is 6. The van der Waals surface area contributed by atoms with Crippen molar-refractivity contribution >= 4 is 0 Å². The second-order valence-corrected chi connectivity index (χ2v) is 3.45. The third kappa shape index (κ3) is 6.48. The summed E-state index contributed by atoms with van der Waals surface area (Å²) in [5, 5.41) is 28.4. The minimum absolute atomic E-state index is 0.153. The van der Waals surface area contributed by atoms with E-state index in [4.69, 9.17) is 10.2 Å². The van der Waals surface area contributed by atoms with E-state index in [2.05, 4.69) is 0 Å². The highest BCUT2D eigenvalue weighted by molar-refractivity contribution is 4.62. The van der Waals surface area contributed by atoms with Gasteiger partial charge in [-0.1, -0.05) is 0 Å². The molecule has 0 aliphatic carbocycles. The Labute approximate surface area is 77.5 Å². The Morgan fingerprint density at radius 1 is 1.23 bits per heavy atom. The van der Waals surface area contributed by atoms with E-state index in [1.807, 2.05) is 0 Å². The maximum Gasteiger partial charge on any atom is 0.215 e. The molecule has 0 aromatic carbocycles. The van der Waals surface area contributed by atoms with Crippen LogP contribution in [0.5, 0.6) is 0 Å². The van der Waals surface area contributed by atoms with Gasteiger partial charge in [0.25, 0.3) is 0 Å². The molecule has 0 spiro atoms. The molecule has 0 aliphatic heterocycles. The number of aliphatic hydroxyl groups excluding tert-OH is 2. The molecular weight excluding hydrogens is 174 g/mol. The van der Waals surface area contributed by atoms with Gasteiger partial charge in [-0.25, -0.2) is 0 Å². The highest BCUT2D eigenvalue weighted by Gasteiger charge is 2.22. The normalized spacial score (nSPS) is 17.8. The zero-order valence-electron chi connectivity index (χ0n) is 8.01. The third-order valence-corrected chi connectivity index (χ3v) is 1.83. The van der Waals surface area contributed by atoms with Crippen LogP contribution in [0.1, 0.15) is 33.1 Å². The first-order valence-electron chi connectivity index (χ1n) is 4.43. The first-order valence-corrected chi connectivity index (χ1v) is 4.43. The summed E-state index contributed by atoms with van der Waals surface area (Å²) in [6.07, 6.45) is -0.311. The molecule has 78 valence electrons. The molecule has 5 heteroatoms. The summed E-state index contributed by atoms with van der Waals surface area (Å²) in [4.78, 5) is 10.1. The van der Waals surface area contributed by atoms with E-state index in [-0.39, 0.29) is 6.42 Å². The average Bonchev–Trinajstić information content (AvgIpc) is 1.96. The second kappa shape index (κ2) is 5.88. The van der Waals surface area contributed by atoms with Crippen LogP contribution in [-0.4, -0.2) is 33.4 Å². The van der Waals surface area contributed by atoms with Gasteiger partial charge in [-0.2, -0.15) is 0 Å². The summed E-state index contributed by atoms with van der Waals surface area (Å²) in [6, 6.07) is -0.741. The maximum absolute atomic E-state index is 10.5. The van der Waals surface area contributed by atoms with Crippen LogP contribution >= 0.6 is 0 Å². The van der Waals surface area contributed by atoms with Crippen LogP contribution in [0.15, 0.2) is 0 Å². The lowest BCUT2D eigenvalue weighted by molar-refractivity contribution is -0.526. The van der Waals surface area contributed by atoms with Crippen molar-refractivity contribution in [3.63, 3.8) is 0 Å². The van der Waals surface area contributed by atoms with Gasteiger partial charge in [-0.3, -0.25) is 10.1 Å². The summed E-state index contributed by atoms with van der Waals surface area (Å²) >= 11 is 0. The number of hydrogen-bond acceptors (Lipinski definition) is 4. The zero-order chi connectivity index (χ0) is 10.4. The van der Waals surface area contributed by atoms with Crippen LogP contribution < -0.4 is 0 Å². The quantitative estimate of drug-likeness (QED) is 0.474. The number of hydrogen-bond donors (Lipinski definition) is 2. The Bertz CT molecular complexity index is 158. The topological polar surface area (TPSA) is 83.6 Å². The van der Waals surface area contributed by atoms with E-state index in [1.165, 1.54) is 6.92 Å². The Morgan fingerprint density at radius 3 is 2.08 bits per heavy atom. The van der Waals surface area contributed by atoms with Gasteiger partial charge >= 0.3 is 0 Å². The van der Waals surface area contributed by atoms with Gasteiger partial charge in [0, 0.05) is 17.8 Å². The highest BCUT2D eigenvalue weighted by atomic mass is 16.6. The molecule has 0 bridgehead atoms. The van der Waals surface area contributed by atoms with Crippen molar-refractivity contribution in [2.45, 2.75) is 51.4 Å². The maximum atomic E-state index is 10.5. The molecule has 0 heterocycles. The molecule has 5 nitrogen and oxygen atoms in total. The zero-order valence-corrected chi connectivity index (χ0v) is 8.01. The summed E-state index contributed by atoms with van der Waals surface area (Å²) in [5.74, 6) is 0. The SMILES string of the molecule is CC(O)CCC(CC(C)O)[N+](=O)[O-]. The summed E-state index contributed by atoms with van der Waals surface area (Å²) in [7, 11) is 0. The monoisotopic (exact) mass is 191 g/mol. The lowest BCUT2D eigenvalue weighted by Crippen LogP contribution is -2.25. The fourth-order valence-corrected chi connectivity index (χ4v) is 1.14. The van der Waals surface area contributed by atoms with Gasteiger partial charge < -0.3 is 10.2 Å². The summed E-state index contributed by atoms with van der Waals surface area (Å²) in [5.41, 5.74) is 0. The van der Waals surface area contributed by atoms with E-state index < -0.39 is 23.2 Å². The minimum Gasteiger partial charge on any atom is -0.393 e. The van der Waals surface area contributed by atoms with Crippen molar-refractivity contribution in [2.24, 2.45) is 0 Å². The molecule has 3 unspecified atom stereocenters. The summed E-state index contributed by atoms with van der Waals surface area (Å²) in [6.45, 7) is 3.12. The van der Waals surface area contributed by atoms with E-state index in [0.29, 0.717) is 12.8 Å². The highest BCUT2D eigenvalue weighted by Crippen LogP contribution is 2.10. The molecule has 0 radical (unpaired) electrons. The standard InChI is InChI=1S/C8H17NO4/c1-6(10)3-4-8(9(12)13)5-7(2)11/h6-8,10-11H,3-5H2,1-2H3. The molecule has 0 aliphatic rings. The molecule has 0 fully saturated rings. The molecule has 13 heavy (non-hydrogen) atoms. The van der Waals surface area contributed by atoms with Gasteiger partial charge in [-0.15, -0.1) is 0 Å². The second-order valence-electron chi connectivity index (χ2n) is 3.45. The van der Waals surface area contributed by atoms with Gasteiger partial charge in [0.15, 0.2) is 0 Å². The van der Waals surface area contributed by atoms with Crippen molar-refractivity contribution in [3.8, 4) is 0 Å². The Morgan fingerprint density at radius 2 is 1.77 bits per heavy atom. The van der Waals surface area contributed by atoms with Crippen LogP contribution in [0.2, 0.25) is 0 Å². The predicted molar refractivity (Wildman–Crippen MR) is 48.0 cm³/mol. The van der Waals surface area contributed by atoms with Crippen molar-refractivity contribution in [1.29, 1.82) is 0 Å². The van der Waals surface area contributed by atoms with Crippen LogP contribution in [0, 0.1) is 10.1 Å². The minimum atomic E-state index is -0.741. The molecule has 2 N–H and O–H groups in total. The molecule has 0 aromatic rings. The molecule has 0 saturated heterocycles. The van der Waals surface area contributed by atoms with Gasteiger partial charge in [0.1, 0.15) is 0 Å². The van der Waals surface area contributed by atoms with Crippen molar-refractivity contribution < 1.29 is 15.1 Å². The smallest absolute Gasteiger partial charge is 0.215 e. The molecule has 0 saturated carbocycles. The van der Waals surface area contributed by atoms with E-state index in [1.54, 1.807) is 6.92 Å². The van der Waals surface area contributed by atoms with Crippen LogP contribution in [0.3, 0.4) is 0 Å². The molecule has 3 atom stereocenters. The summed E-state index contributed by atoms with van der Waals surface area (Å²) < 4.78 is 0. The van der Waals surface area contributed by atoms with Crippen molar-refractivity contribution in [1.82, 2.24) is 0 Å². The van der Waals surface area contributed by atoms with Gasteiger partial charge in [0.2, 0.25) is 6.04 Å². The van der Waals surface area contributed by atoms with Crippen LogP contribution in [0.4, 0.5) is 0 Å². The fourth-order valence-electron chi connectivity index (χ4n) is 1.14. The van der Waals surface area contributed by atoms with Crippen LogP contribution in [0.25, 0.3) is 0 Å². The number of aliphatic hydroxyl groups is 2. The molecule has 0 amide bonds. The Balaban J connectivity index is 3.88. The van der Waals surface area contributed by atoms with Crippen molar-refractivity contribution in [3.05, 3.63) is 10.1 Å².